The highest BCUT2D eigenvalue weighted by Crippen LogP contribution is 1.99. The second kappa shape index (κ2) is 5.11. The Morgan fingerprint density at radius 3 is 3.25 bits per heavy atom. The van der Waals surface area contributed by atoms with Crippen LogP contribution < -0.4 is 10.6 Å². The number of piperidine rings is 1. The highest BCUT2D eigenvalue weighted by molar-refractivity contribution is 5.90. The van der Waals surface area contributed by atoms with Crippen LogP contribution in [0, 0.1) is 0 Å². The van der Waals surface area contributed by atoms with E-state index in [9.17, 15) is 0 Å². The molecule has 1 saturated heterocycles. The molecule has 0 bridgehead atoms. The van der Waals surface area contributed by atoms with Crippen molar-refractivity contribution in [3.05, 3.63) is 0 Å². The van der Waals surface area contributed by atoms with Gasteiger partial charge in [0, 0.05) is 19.5 Å². The number of likely N-dealkylation sites (N-methyl/N-ethyl adjacent to an activating group) is 1. The van der Waals surface area contributed by atoms with E-state index in [0.717, 1.165) is 25.2 Å². The molecule has 0 radical (unpaired) electrons. The maximum Gasteiger partial charge on any atom is 0.114 e. The molecule has 1 aliphatic rings. The zero-order valence-electron chi connectivity index (χ0n) is 7.76. The third kappa shape index (κ3) is 2.46. The Labute approximate surface area is 73.4 Å². The maximum atomic E-state index is 5.03. The van der Waals surface area contributed by atoms with Crippen molar-refractivity contribution in [1.29, 1.82) is 0 Å². The van der Waals surface area contributed by atoms with E-state index in [1.807, 2.05) is 14.0 Å². The summed E-state index contributed by atoms with van der Waals surface area (Å²) in [7, 11) is 1.94. The largest absolute Gasteiger partial charge is 0.396 e. The van der Waals surface area contributed by atoms with Gasteiger partial charge in [-0.15, -0.1) is 0 Å². The number of hydrogen-bond acceptors (Lipinski definition) is 4. The van der Waals surface area contributed by atoms with E-state index < -0.39 is 0 Å². The number of nitrogens with one attached hydrogen (secondary N) is 2. The summed E-state index contributed by atoms with van der Waals surface area (Å²) in [6, 6.07) is 0.338. The minimum absolute atomic E-state index is 0.338. The lowest BCUT2D eigenvalue weighted by atomic mass is 10.1. The van der Waals surface area contributed by atoms with E-state index in [1.54, 1.807) is 0 Å². The van der Waals surface area contributed by atoms with Gasteiger partial charge in [0.25, 0.3) is 0 Å². The normalized spacial score (nSPS) is 27.5. The van der Waals surface area contributed by atoms with Crippen LogP contribution in [0.2, 0.25) is 0 Å². The van der Waals surface area contributed by atoms with Gasteiger partial charge in [0.05, 0.1) is 11.8 Å². The molecule has 0 spiro atoms. The first-order valence-electron chi connectivity index (χ1n) is 4.45. The Morgan fingerprint density at radius 2 is 2.58 bits per heavy atom. The molecule has 0 aromatic rings. The van der Waals surface area contributed by atoms with E-state index in [1.165, 1.54) is 0 Å². The molecular formula is C8H17N3O. The van der Waals surface area contributed by atoms with Crippen LogP contribution in [0.4, 0.5) is 0 Å². The lowest BCUT2D eigenvalue weighted by molar-refractivity contribution is 0.156. The summed E-state index contributed by atoms with van der Waals surface area (Å²) in [6.07, 6.45) is 0.978. The maximum absolute atomic E-state index is 5.03. The van der Waals surface area contributed by atoms with Crippen LogP contribution in [0.5, 0.6) is 0 Å². The van der Waals surface area contributed by atoms with E-state index in [2.05, 4.69) is 15.8 Å². The van der Waals surface area contributed by atoms with Crippen LogP contribution in [-0.2, 0) is 4.84 Å². The highest BCUT2D eigenvalue weighted by atomic mass is 16.6. The van der Waals surface area contributed by atoms with Crippen molar-refractivity contribution in [2.45, 2.75) is 19.4 Å². The SMILES string of the molecule is CCON=C1CCNCC1NC. The highest BCUT2D eigenvalue weighted by Gasteiger charge is 2.18. The molecule has 0 aromatic heterocycles. The van der Waals surface area contributed by atoms with Crippen LogP contribution in [0.25, 0.3) is 0 Å². The lowest BCUT2D eigenvalue weighted by Gasteiger charge is -2.23. The smallest absolute Gasteiger partial charge is 0.114 e. The van der Waals surface area contributed by atoms with Gasteiger partial charge in [0.15, 0.2) is 0 Å². The van der Waals surface area contributed by atoms with E-state index in [-0.39, 0.29) is 0 Å². The van der Waals surface area contributed by atoms with Gasteiger partial charge < -0.3 is 15.5 Å². The summed E-state index contributed by atoms with van der Waals surface area (Å²) in [5, 5.41) is 10.6. The second-order valence-electron chi connectivity index (χ2n) is 2.80. The predicted octanol–water partition coefficient (Wildman–Crippen LogP) is -0.0398. The summed E-state index contributed by atoms with van der Waals surface area (Å²) >= 11 is 0. The minimum Gasteiger partial charge on any atom is -0.396 e. The summed E-state index contributed by atoms with van der Waals surface area (Å²) in [5.74, 6) is 0. The molecule has 0 aliphatic carbocycles. The molecule has 4 heteroatoms. The second-order valence-corrected chi connectivity index (χ2v) is 2.80. The van der Waals surface area contributed by atoms with Crippen LogP contribution >= 0.6 is 0 Å². The zero-order valence-corrected chi connectivity index (χ0v) is 7.76. The van der Waals surface area contributed by atoms with E-state index in [4.69, 9.17) is 4.84 Å². The van der Waals surface area contributed by atoms with Gasteiger partial charge in [-0.25, -0.2) is 0 Å². The van der Waals surface area contributed by atoms with Gasteiger partial charge in [-0.05, 0) is 14.0 Å². The summed E-state index contributed by atoms with van der Waals surface area (Å²) in [6.45, 7) is 4.54. The summed E-state index contributed by atoms with van der Waals surface area (Å²) < 4.78 is 0. The number of rotatable bonds is 3. The molecule has 0 amide bonds. The topological polar surface area (TPSA) is 45.6 Å². The fourth-order valence-corrected chi connectivity index (χ4v) is 1.28. The van der Waals surface area contributed by atoms with E-state index in [0.29, 0.717) is 12.6 Å². The van der Waals surface area contributed by atoms with Crippen molar-refractivity contribution >= 4 is 5.71 Å². The van der Waals surface area contributed by atoms with Gasteiger partial charge >= 0.3 is 0 Å². The zero-order chi connectivity index (χ0) is 8.81. The molecule has 1 fully saturated rings. The molecule has 1 rings (SSSR count). The predicted molar refractivity (Wildman–Crippen MR) is 49.4 cm³/mol. The summed E-state index contributed by atoms with van der Waals surface area (Å²) in [4.78, 5) is 5.03. The molecule has 1 unspecified atom stereocenters. The van der Waals surface area contributed by atoms with Gasteiger partial charge in [-0.1, -0.05) is 5.16 Å². The van der Waals surface area contributed by atoms with Crippen molar-refractivity contribution < 1.29 is 4.84 Å². The molecule has 0 saturated carbocycles. The Bertz CT molecular complexity index is 158. The Balaban J connectivity index is 2.46. The Kier molecular flexibility index (Phi) is 4.04. The average Bonchev–Trinajstić information content (AvgIpc) is 2.15. The fraction of sp³-hybridized carbons (Fsp3) is 0.875. The molecule has 4 nitrogen and oxygen atoms in total. The fourth-order valence-electron chi connectivity index (χ4n) is 1.28. The number of nitrogens with zero attached hydrogens (tertiary/aromatic N) is 1. The van der Waals surface area contributed by atoms with Crippen molar-refractivity contribution in [3.63, 3.8) is 0 Å². The van der Waals surface area contributed by atoms with Crippen molar-refractivity contribution in [1.82, 2.24) is 10.6 Å². The van der Waals surface area contributed by atoms with Crippen LogP contribution in [0.3, 0.4) is 0 Å². The Morgan fingerprint density at radius 1 is 1.75 bits per heavy atom. The van der Waals surface area contributed by atoms with Gasteiger partial charge in [0.2, 0.25) is 0 Å². The quantitative estimate of drug-likeness (QED) is 0.586. The summed E-state index contributed by atoms with van der Waals surface area (Å²) in [5.41, 5.74) is 1.12. The van der Waals surface area contributed by atoms with Gasteiger partial charge in [-0.3, -0.25) is 0 Å². The van der Waals surface area contributed by atoms with Crippen molar-refractivity contribution in [2.75, 3.05) is 26.7 Å². The molecule has 0 aromatic carbocycles. The molecular weight excluding hydrogens is 154 g/mol. The standard InChI is InChI=1S/C8H17N3O/c1-3-12-11-7-4-5-10-6-8(7)9-2/h8-10H,3-6H2,1-2H3. The third-order valence-electron chi connectivity index (χ3n) is 1.97. The first-order chi connectivity index (χ1) is 5.88. The molecule has 1 atom stereocenters. The molecule has 2 N–H and O–H groups in total. The van der Waals surface area contributed by atoms with Crippen LogP contribution in [0.15, 0.2) is 5.16 Å². The average molecular weight is 171 g/mol. The van der Waals surface area contributed by atoms with Gasteiger partial charge in [-0.2, -0.15) is 0 Å². The molecule has 1 heterocycles. The van der Waals surface area contributed by atoms with Crippen LogP contribution in [0.1, 0.15) is 13.3 Å². The van der Waals surface area contributed by atoms with Crippen molar-refractivity contribution in [2.24, 2.45) is 5.16 Å². The molecule has 70 valence electrons. The first kappa shape index (κ1) is 9.48. The lowest BCUT2D eigenvalue weighted by Crippen LogP contribution is -2.48. The monoisotopic (exact) mass is 171 g/mol. The Hall–Kier alpha value is -0.610. The first-order valence-corrected chi connectivity index (χ1v) is 4.45. The third-order valence-corrected chi connectivity index (χ3v) is 1.97. The van der Waals surface area contributed by atoms with E-state index >= 15 is 0 Å². The number of oxime groups is 1. The molecule has 12 heavy (non-hydrogen) atoms. The number of hydrogen-bond donors (Lipinski definition) is 2. The van der Waals surface area contributed by atoms with Gasteiger partial charge in [0.1, 0.15) is 6.61 Å². The van der Waals surface area contributed by atoms with Crippen LogP contribution in [-0.4, -0.2) is 38.5 Å². The van der Waals surface area contributed by atoms with Crippen molar-refractivity contribution in [3.8, 4) is 0 Å². The minimum atomic E-state index is 0.338. The molecule has 1 aliphatic heterocycles.